The second-order valence-corrected chi connectivity index (χ2v) is 7.75. The van der Waals surface area contributed by atoms with Crippen LogP contribution in [0.1, 0.15) is 11.1 Å². The first-order valence-corrected chi connectivity index (χ1v) is 9.99. The Morgan fingerprint density at radius 1 is 1.00 bits per heavy atom. The van der Waals surface area contributed by atoms with Crippen molar-refractivity contribution in [1.82, 2.24) is 14.8 Å². The molecule has 0 amide bonds. The summed E-state index contributed by atoms with van der Waals surface area (Å²) in [6.45, 7) is 2.08. The molecule has 0 atom stereocenters. The number of aromatic nitrogens is 3. The van der Waals surface area contributed by atoms with Crippen molar-refractivity contribution in [3.63, 3.8) is 0 Å². The second kappa shape index (κ2) is 7.80. The number of nitrogens with zero attached hydrogens (tertiary/aromatic N) is 3. The monoisotopic (exact) mass is 415 g/mol. The predicted molar refractivity (Wildman–Crippen MR) is 110 cm³/mol. The van der Waals surface area contributed by atoms with Crippen LogP contribution < -0.4 is 0 Å². The molecule has 4 nitrogen and oxygen atoms in total. The maximum Gasteiger partial charge on any atom is 0.205 e. The molecule has 136 valence electrons. The summed E-state index contributed by atoms with van der Waals surface area (Å²) in [5, 5.41) is 10.4. The van der Waals surface area contributed by atoms with Crippen LogP contribution in [0.15, 0.2) is 70.4 Å². The van der Waals surface area contributed by atoms with Gasteiger partial charge >= 0.3 is 0 Å². The van der Waals surface area contributed by atoms with Crippen LogP contribution in [-0.2, 0) is 5.75 Å². The third-order valence-corrected chi connectivity index (χ3v) is 5.73. The lowest BCUT2D eigenvalue weighted by Crippen LogP contribution is -1.99. The fourth-order valence-corrected chi connectivity index (χ4v) is 3.92. The van der Waals surface area contributed by atoms with E-state index < -0.39 is 0 Å². The number of halogens is 2. The first kappa shape index (κ1) is 18.2. The highest BCUT2D eigenvalue weighted by atomic mass is 35.5. The molecule has 0 aliphatic heterocycles. The molecule has 0 saturated heterocycles. The molecular weight excluding hydrogens is 401 g/mol. The normalized spacial score (nSPS) is 11.1. The minimum Gasteiger partial charge on any atom is -0.461 e. The predicted octanol–water partition coefficient (Wildman–Crippen LogP) is 6.43. The lowest BCUT2D eigenvalue weighted by molar-refractivity contribution is 0.575. The molecule has 0 spiro atoms. The maximum absolute atomic E-state index is 6.23. The van der Waals surface area contributed by atoms with Gasteiger partial charge in [-0.2, -0.15) is 0 Å². The molecule has 0 bridgehead atoms. The van der Waals surface area contributed by atoms with E-state index in [1.807, 2.05) is 22.8 Å². The van der Waals surface area contributed by atoms with E-state index in [1.165, 1.54) is 11.1 Å². The Hall–Kier alpha value is -2.21. The van der Waals surface area contributed by atoms with Gasteiger partial charge in [-0.1, -0.05) is 64.8 Å². The Kier molecular flexibility index (Phi) is 5.25. The van der Waals surface area contributed by atoms with E-state index in [9.17, 15) is 0 Å². The molecule has 2 heterocycles. The van der Waals surface area contributed by atoms with Crippen LogP contribution in [-0.4, -0.2) is 14.8 Å². The van der Waals surface area contributed by atoms with E-state index in [0.717, 1.165) is 16.6 Å². The van der Waals surface area contributed by atoms with Crippen molar-refractivity contribution >= 4 is 35.0 Å². The summed E-state index contributed by atoms with van der Waals surface area (Å²) in [6, 6.07) is 17.5. The van der Waals surface area contributed by atoms with E-state index in [1.54, 1.807) is 30.2 Å². The van der Waals surface area contributed by atoms with Crippen LogP contribution in [0.25, 0.3) is 17.3 Å². The van der Waals surface area contributed by atoms with E-state index in [4.69, 9.17) is 27.6 Å². The Bertz CT molecular complexity index is 1080. The lowest BCUT2D eigenvalue weighted by Gasteiger charge is -2.10. The minimum absolute atomic E-state index is 0.475. The third kappa shape index (κ3) is 3.90. The SMILES string of the molecule is Cc1cccc(CSc2nnc(-c3ccco3)n2-c2ccc(Cl)c(Cl)c2)c1. The van der Waals surface area contributed by atoms with Crippen molar-refractivity contribution in [3.05, 3.63) is 82.0 Å². The number of hydrogen-bond acceptors (Lipinski definition) is 4. The van der Waals surface area contributed by atoms with Crippen molar-refractivity contribution in [2.45, 2.75) is 17.8 Å². The van der Waals surface area contributed by atoms with Crippen LogP contribution in [0.3, 0.4) is 0 Å². The molecule has 7 heteroatoms. The number of rotatable bonds is 5. The Morgan fingerprint density at radius 2 is 1.89 bits per heavy atom. The van der Waals surface area contributed by atoms with Crippen molar-refractivity contribution < 1.29 is 4.42 Å². The van der Waals surface area contributed by atoms with Gasteiger partial charge in [0.15, 0.2) is 10.9 Å². The summed E-state index contributed by atoms with van der Waals surface area (Å²) in [4.78, 5) is 0. The summed E-state index contributed by atoms with van der Waals surface area (Å²) in [7, 11) is 0. The molecule has 4 aromatic rings. The maximum atomic E-state index is 6.23. The fraction of sp³-hybridized carbons (Fsp3) is 0.100. The summed E-state index contributed by atoms with van der Waals surface area (Å²) >= 11 is 13.9. The first-order chi connectivity index (χ1) is 13.1. The van der Waals surface area contributed by atoms with Gasteiger partial charge in [-0.25, -0.2) is 0 Å². The largest absolute Gasteiger partial charge is 0.461 e. The second-order valence-electron chi connectivity index (χ2n) is 6.00. The molecule has 0 aliphatic carbocycles. The number of thioether (sulfide) groups is 1. The van der Waals surface area contributed by atoms with Gasteiger partial charge in [0, 0.05) is 5.75 Å². The number of furan rings is 1. The molecule has 0 unspecified atom stereocenters. The van der Waals surface area contributed by atoms with Gasteiger partial charge in [-0.3, -0.25) is 4.57 Å². The smallest absolute Gasteiger partial charge is 0.205 e. The van der Waals surface area contributed by atoms with Crippen molar-refractivity contribution in [2.24, 2.45) is 0 Å². The minimum atomic E-state index is 0.475. The average molecular weight is 416 g/mol. The summed E-state index contributed by atoms with van der Waals surface area (Å²) in [5.41, 5.74) is 3.28. The highest BCUT2D eigenvalue weighted by molar-refractivity contribution is 7.98. The van der Waals surface area contributed by atoms with Gasteiger partial charge in [0.1, 0.15) is 0 Å². The van der Waals surface area contributed by atoms with Crippen LogP contribution in [0, 0.1) is 6.92 Å². The molecule has 2 aromatic carbocycles. The Morgan fingerprint density at radius 3 is 2.63 bits per heavy atom. The zero-order chi connectivity index (χ0) is 18.8. The quantitative estimate of drug-likeness (QED) is 0.352. The van der Waals surface area contributed by atoms with Gasteiger partial charge in [0.2, 0.25) is 5.82 Å². The summed E-state index contributed by atoms with van der Waals surface area (Å²) < 4.78 is 7.47. The van der Waals surface area contributed by atoms with Crippen molar-refractivity contribution in [3.8, 4) is 17.3 Å². The van der Waals surface area contributed by atoms with Gasteiger partial charge in [0.05, 0.1) is 22.0 Å². The third-order valence-electron chi connectivity index (χ3n) is 3.99. The van der Waals surface area contributed by atoms with Crippen LogP contribution in [0.4, 0.5) is 0 Å². The zero-order valence-electron chi connectivity index (χ0n) is 14.4. The summed E-state index contributed by atoms with van der Waals surface area (Å²) in [6.07, 6.45) is 1.61. The Labute approximate surface area is 171 Å². The lowest BCUT2D eigenvalue weighted by atomic mass is 10.2. The molecule has 0 N–H and O–H groups in total. The molecule has 0 saturated carbocycles. The van der Waals surface area contributed by atoms with Gasteiger partial charge < -0.3 is 4.42 Å². The Balaban J connectivity index is 1.74. The molecule has 0 radical (unpaired) electrons. The van der Waals surface area contributed by atoms with Crippen molar-refractivity contribution in [1.29, 1.82) is 0 Å². The number of aryl methyl sites for hydroxylation is 1. The van der Waals surface area contributed by atoms with Gasteiger partial charge in [0.25, 0.3) is 0 Å². The van der Waals surface area contributed by atoms with Crippen LogP contribution >= 0.6 is 35.0 Å². The standard InChI is InChI=1S/C20H15Cl2N3OS/c1-13-4-2-5-14(10-13)12-27-20-24-23-19(18-6-3-9-26-18)25(20)15-7-8-16(21)17(22)11-15/h2-11H,12H2,1H3. The van der Waals surface area contributed by atoms with E-state index in [0.29, 0.717) is 21.6 Å². The average Bonchev–Trinajstić information content (AvgIpc) is 3.31. The highest BCUT2D eigenvalue weighted by Gasteiger charge is 2.18. The zero-order valence-corrected chi connectivity index (χ0v) is 16.7. The summed E-state index contributed by atoms with van der Waals surface area (Å²) in [5.74, 6) is 2.03. The van der Waals surface area contributed by atoms with E-state index in [2.05, 4.69) is 41.4 Å². The molecule has 2 aromatic heterocycles. The molecule has 27 heavy (non-hydrogen) atoms. The van der Waals surface area contributed by atoms with E-state index in [-0.39, 0.29) is 0 Å². The van der Waals surface area contributed by atoms with Gasteiger partial charge in [-0.05, 0) is 42.8 Å². The first-order valence-electron chi connectivity index (χ1n) is 8.25. The van der Waals surface area contributed by atoms with Crippen LogP contribution in [0.5, 0.6) is 0 Å². The number of benzene rings is 2. The molecule has 0 fully saturated rings. The molecule has 0 aliphatic rings. The van der Waals surface area contributed by atoms with Crippen molar-refractivity contribution in [2.75, 3.05) is 0 Å². The number of hydrogen-bond donors (Lipinski definition) is 0. The fourth-order valence-electron chi connectivity index (χ4n) is 2.74. The highest BCUT2D eigenvalue weighted by Crippen LogP contribution is 2.32. The van der Waals surface area contributed by atoms with E-state index >= 15 is 0 Å². The topological polar surface area (TPSA) is 43.9 Å². The molecular formula is C20H15Cl2N3OS. The molecule has 4 rings (SSSR count). The van der Waals surface area contributed by atoms with Crippen LogP contribution in [0.2, 0.25) is 10.0 Å². The van der Waals surface area contributed by atoms with Gasteiger partial charge in [-0.15, -0.1) is 10.2 Å².